The summed E-state index contributed by atoms with van der Waals surface area (Å²) in [5.74, 6) is -0.427. The number of methoxy groups -OCH3 is 2. The second-order valence-electron chi connectivity index (χ2n) is 4.96. The minimum absolute atomic E-state index is 0.396. The van der Waals surface area contributed by atoms with E-state index in [9.17, 15) is 14.7 Å². The van der Waals surface area contributed by atoms with E-state index in [2.05, 4.69) is 4.90 Å². The van der Waals surface area contributed by atoms with Gasteiger partial charge in [0.1, 0.15) is 0 Å². The molecule has 0 aromatic heterocycles. The number of nitrogens with zero attached hydrogens (tertiary/aromatic N) is 2. The number of benzene rings is 1. The van der Waals surface area contributed by atoms with Crippen molar-refractivity contribution < 1.29 is 24.2 Å². The first kappa shape index (κ1) is 15.9. The molecule has 0 spiro atoms. The molecule has 120 valence electrons. The number of carboxylic acids is 1. The normalized spacial score (nSPS) is 14.6. The predicted octanol–water partition coefficient (Wildman–Crippen LogP) is -0.508. The van der Waals surface area contributed by atoms with Crippen molar-refractivity contribution >= 4 is 17.6 Å². The number of piperazine rings is 1. The van der Waals surface area contributed by atoms with Gasteiger partial charge in [0.2, 0.25) is 5.91 Å². The highest BCUT2D eigenvalue weighted by Gasteiger charge is 2.21. The van der Waals surface area contributed by atoms with Crippen LogP contribution in [0.5, 0.6) is 11.5 Å². The van der Waals surface area contributed by atoms with Crippen LogP contribution in [-0.4, -0.2) is 57.2 Å². The minimum atomic E-state index is -1.34. The summed E-state index contributed by atoms with van der Waals surface area (Å²) in [6, 6.07) is 5.65. The molecule has 1 fully saturated rings. The molecule has 0 bridgehead atoms. The second-order valence-corrected chi connectivity index (χ2v) is 4.96. The average Bonchev–Trinajstić information content (AvgIpc) is 2.53. The largest absolute Gasteiger partial charge is 0.550 e. The van der Waals surface area contributed by atoms with Gasteiger partial charge in [-0.3, -0.25) is 4.79 Å². The predicted molar refractivity (Wildman–Crippen MR) is 78.0 cm³/mol. The first-order chi connectivity index (χ1) is 10.5. The van der Waals surface area contributed by atoms with Crippen LogP contribution in [0.3, 0.4) is 0 Å². The Balaban J connectivity index is 1.99. The molecule has 1 aromatic rings. The van der Waals surface area contributed by atoms with Gasteiger partial charge in [0.15, 0.2) is 11.5 Å². The Kier molecular flexibility index (Phi) is 5.08. The summed E-state index contributed by atoms with van der Waals surface area (Å²) in [4.78, 5) is 25.8. The molecule has 2 rings (SSSR count). The Morgan fingerprint density at radius 1 is 1.09 bits per heavy atom. The summed E-state index contributed by atoms with van der Waals surface area (Å²) in [5, 5.41) is 10.5. The van der Waals surface area contributed by atoms with Gasteiger partial charge < -0.3 is 29.2 Å². The van der Waals surface area contributed by atoms with E-state index in [0.717, 1.165) is 5.69 Å². The van der Waals surface area contributed by atoms with Gasteiger partial charge in [-0.2, -0.15) is 0 Å². The van der Waals surface area contributed by atoms with E-state index >= 15 is 0 Å². The Labute approximate surface area is 129 Å². The van der Waals surface area contributed by atoms with Gasteiger partial charge in [0.05, 0.1) is 26.6 Å². The van der Waals surface area contributed by atoms with Crippen LogP contribution < -0.4 is 19.5 Å². The van der Waals surface area contributed by atoms with Crippen LogP contribution in [0.1, 0.15) is 6.42 Å². The lowest BCUT2D eigenvalue weighted by Crippen LogP contribution is -2.49. The fourth-order valence-corrected chi connectivity index (χ4v) is 2.47. The zero-order valence-corrected chi connectivity index (χ0v) is 12.7. The van der Waals surface area contributed by atoms with E-state index in [4.69, 9.17) is 9.47 Å². The fraction of sp³-hybridized carbons (Fsp3) is 0.467. The molecule has 1 saturated heterocycles. The van der Waals surface area contributed by atoms with Crippen LogP contribution in [0.4, 0.5) is 5.69 Å². The van der Waals surface area contributed by atoms with Crippen molar-refractivity contribution in [2.75, 3.05) is 45.3 Å². The van der Waals surface area contributed by atoms with Gasteiger partial charge >= 0.3 is 0 Å². The van der Waals surface area contributed by atoms with Gasteiger partial charge in [-0.15, -0.1) is 0 Å². The molecule has 1 heterocycles. The lowest BCUT2D eigenvalue weighted by atomic mass is 10.2. The lowest BCUT2D eigenvalue weighted by molar-refractivity contribution is -0.304. The third kappa shape index (κ3) is 3.60. The summed E-state index contributed by atoms with van der Waals surface area (Å²) < 4.78 is 10.5. The summed E-state index contributed by atoms with van der Waals surface area (Å²) in [5.41, 5.74) is 0.977. The maximum Gasteiger partial charge on any atom is 0.228 e. The van der Waals surface area contributed by atoms with Crippen molar-refractivity contribution in [2.24, 2.45) is 0 Å². The van der Waals surface area contributed by atoms with Crippen LogP contribution in [0, 0.1) is 0 Å². The highest BCUT2D eigenvalue weighted by molar-refractivity contribution is 5.92. The van der Waals surface area contributed by atoms with E-state index in [1.807, 2.05) is 18.2 Å². The maximum absolute atomic E-state index is 11.7. The number of carbonyl (C=O) groups excluding carboxylic acids is 2. The van der Waals surface area contributed by atoms with Crippen LogP contribution >= 0.6 is 0 Å². The van der Waals surface area contributed by atoms with Crippen LogP contribution in [0.25, 0.3) is 0 Å². The standard InChI is InChI=1S/C15H20N2O5/c1-21-12-4-3-11(9-13(12)22-2)16-5-7-17(8-6-16)14(18)10-15(19)20/h3-4,9H,5-8,10H2,1-2H3,(H,19,20)/p-1. The molecule has 1 aliphatic rings. The van der Waals surface area contributed by atoms with Crippen molar-refractivity contribution in [3.05, 3.63) is 18.2 Å². The van der Waals surface area contributed by atoms with Crippen LogP contribution in [-0.2, 0) is 9.59 Å². The van der Waals surface area contributed by atoms with Crippen LogP contribution in [0.15, 0.2) is 18.2 Å². The van der Waals surface area contributed by atoms with Gasteiger partial charge in [0.25, 0.3) is 0 Å². The Morgan fingerprint density at radius 3 is 2.27 bits per heavy atom. The SMILES string of the molecule is COc1ccc(N2CCN(C(=O)CC(=O)[O-])CC2)cc1OC. The van der Waals surface area contributed by atoms with Crippen molar-refractivity contribution in [2.45, 2.75) is 6.42 Å². The van der Waals surface area contributed by atoms with Crippen molar-refractivity contribution in [1.29, 1.82) is 0 Å². The number of carboxylic acid groups (broad SMARTS) is 1. The monoisotopic (exact) mass is 307 g/mol. The molecule has 0 saturated carbocycles. The summed E-state index contributed by atoms with van der Waals surface area (Å²) >= 11 is 0. The first-order valence-corrected chi connectivity index (χ1v) is 6.99. The van der Waals surface area contributed by atoms with Gasteiger partial charge in [-0.1, -0.05) is 0 Å². The van der Waals surface area contributed by atoms with E-state index in [-0.39, 0.29) is 0 Å². The van der Waals surface area contributed by atoms with Gasteiger partial charge in [-0.05, 0) is 12.1 Å². The quantitative estimate of drug-likeness (QED) is 0.682. The molecule has 0 unspecified atom stereocenters. The van der Waals surface area contributed by atoms with E-state index in [0.29, 0.717) is 37.7 Å². The average molecular weight is 307 g/mol. The molecule has 1 aromatic carbocycles. The molecule has 0 N–H and O–H groups in total. The zero-order valence-electron chi connectivity index (χ0n) is 12.7. The molecule has 7 nitrogen and oxygen atoms in total. The van der Waals surface area contributed by atoms with Crippen molar-refractivity contribution in [3.63, 3.8) is 0 Å². The molecule has 7 heteroatoms. The number of amides is 1. The van der Waals surface area contributed by atoms with Crippen molar-refractivity contribution in [3.8, 4) is 11.5 Å². The van der Waals surface area contributed by atoms with Crippen LogP contribution in [0.2, 0.25) is 0 Å². The Morgan fingerprint density at radius 2 is 1.73 bits per heavy atom. The molecule has 0 radical (unpaired) electrons. The van der Waals surface area contributed by atoms with E-state index in [1.54, 1.807) is 19.1 Å². The molecular weight excluding hydrogens is 288 g/mol. The lowest BCUT2D eigenvalue weighted by Gasteiger charge is -2.36. The number of anilines is 1. The first-order valence-electron chi connectivity index (χ1n) is 6.99. The topological polar surface area (TPSA) is 82.1 Å². The molecule has 1 amide bonds. The highest BCUT2D eigenvalue weighted by atomic mass is 16.5. The highest BCUT2D eigenvalue weighted by Crippen LogP contribution is 2.31. The zero-order chi connectivity index (χ0) is 16.1. The molecule has 0 aliphatic carbocycles. The molecular formula is C15H19N2O5-. The van der Waals surface area contributed by atoms with Crippen molar-refractivity contribution in [1.82, 2.24) is 4.90 Å². The number of carbonyl (C=O) groups is 2. The number of aliphatic carboxylic acids is 1. The fourth-order valence-electron chi connectivity index (χ4n) is 2.47. The third-order valence-corrected chi connectivity index (χ3v) is 3.66. The molecule has 22 heavy (non-hydrogen) atoms. The maximum atomic E-state index is 11.7. The summed E-state index contributed by atoms with van der Waals surface area (Å²) in [6.45, 7) is 2.24. The Bertz CT molecular complexity index is 553. The Hall–Kier alpha value is -2.44. The second kappa shape index (κ2) is 7.02. The van der Waals surface area contributed by atoms with Gasteiger partial charge in [0, 0.05) is 37.9 Å². The summed E-state index contributed by atoms with van der Waals surface area (Å²) in [7, 11) is 3.16. The van der Waals surface area contributed by atoms with E-state index < -0.39 is 18.3 Å². The number of hydrogen-bond acceptors (Lipinski definition) is 6. The minimum Gasteiger partial charge on any atom is -0.550 e. The third-order valence-electron chi connectivity index (χ3n) is 3.66. The molecule has 0 atom stereocenters. The number of hydrogen-bond donors (Lipinski definition) is 0. The summed E-state index contributed by atoms with van der Waals surface area (Å²) in [6.07, 6.45) is -0.559. The number of rotatable bonds is 5. The van der Waals surface area contributed by atoms with E-state index in [1.165, 1.54) is 0 Å². The number of ether oxygens (including phenoxy) is 2. The smallest absolute Gasteiger partial charge is 0.228 e. The molecule has 1 aliphatic heterocycles. The van der Waals surface area contributed by atoms with Gasteiger partial charge in [-0.25, -0.2) is 0 Å².